The van der Waals surface area contributed by atoms with Crippen LogP contribution in [0.1, 0.15) is 36.1 Å². The summed E-state index contributed by atoms with van der Waals surface area (Å²) in [6, 6.07) is 12.9. The Morgan fingerprint density at radius 2 is 1.94 bits per heavy atom. The van der Waals surface area contributed by atoms with Gasteiger partial charge in [-0.05, 0) is 43.1 Å². The maximum absolute atomic E-state index is 13.1. The number of benzene rings is 2. The lowest BCUT2D eigenvalue weighted by molar-refractivity contribution is -0.170. The van der Waals surface area contributed by atoms with Crippen LogP contribution in [0, 0.1) is 0 Å². The molecule has 182 valence electrons. The maximum atomic E-state index is 13.1. The van der Waals surface area contributed by atoms with Gasteiger partial charge >= 0.3 is 18.7 Å². The van der Waals surface area contributed by atoms with Gasteiger partial charge in [-0.1, -0.05) is 42.5 Å². The molecule has 5 nitrogen and oxygen atoms in total. The molecule has 0 aliphatic carbocycles. The first-order valence-electron chi connectivity index (χ1n) is 10.7. The van der Waals surface area contributed by atoms with Gasteiger partial charge in [0.25, 0.3) is 0 Å². The van der Waals surface area contributed by atoms with Crippen LogP contribution in [0.15, 0.2) is 60.7 Å². The Hall–Kier alpha value is -2.98. The van der Waals surface area contributed by atoms with Crippen molar-refractivity contribution < 1.29 is 36.2 Å². The summed E-state index contributed by atoms with van der Waals surface area (Å²) in [6.07, 6.45) is -0.934. The average molecular weight is 482 g/mol. The molecule has 34 heavy (non-hydrogen) atoms. The van der Waals surface area contributed by atoms with Crippen molar-refractivity contribution in [2.75, 3.05) is 18.5 Å². The number of nitrogens with one attached hydrogen (secondary N) is 1. The van der Waals surface area contributed by atoms with Crippen molar-refractivity contribution in [3.8, 4) is 5.75 Å². The van der Waals surface area contributed by atoms with Gasteiger partial charge in [0.1, 0.15) is 17.5 Å². The maximum Gasteiger partial charge on any atom is 0.471 e. The zero-order chi connectivity index (χ0) is 24.5. The molecule has 10 heteroatoms. The van der Waals surface area contributed by atoms with Crippen molar-refractivity contribution in [1.82, 2.24) is 5.32 Å². The summed E-state index contributed by atoms with van der Waals surface area (Å²) in [5, 5.41) is 3.44. The minimum atomic E-state index is -5.09. The zero-order valence-corrected chi connectivity index (χ0v) is 18.2. The van der Waals surface area contributed by atoms with Gasteiger partial charge in [0.15, 0.2) is 0 Å². The van der Waals surface area contributed by atoms with E-state index in [-0.39, 0.29) is 23.0 Å². The number of piperidine rings is 1. The van der Waals surface area contributed by atoms with Gasteiger partial charge in [-0.25, -0.2) is 0 Å². The predicted molar refractivity (Wildman–Crippen MR) is 115 cm³/mol. The van der Waals surface area contributed by atoms with Crippen LogP contribution in [0.4, 0.5) is 27.6 Å². The van der Waals surface area contributed by atoms with Crippen molar-refractivity contribution in [1.29, 1.82) is 0 Å². The second kappa shape index (κ2) is 9.34. The number of halogens is 5. The number of amides is 1. The van der Waals surface area contributed by atoms with Crippen LogP contribution in [0.5, 0.6) is 5.75 Å². The second-order valence-electron chi connectivity index (χ2n) is 8.22. The molecule has 2 heterocycles. The number of alkyl halides is 5. The highest BCUT2D eigenvalue weighted by molar-refractivity contribution is 5.97. The van der Waals surface area contributed by atoms with Crippen LogP contribution in [-0.2, 0) is 9.53 Å². The monoisotopic (exact) mass is 482 g/mol. The molecule has 1 saturated heterocycles. The third kappa shape index (κ3) is 4.78. The molecule has 3 atom stereocenters. The minimum absolute atomic E-state index is 0.102. The molecular weight excluding hydrogens is 459 g/mol. The molecule has 2 aliphatic rings. The Bertz CT molecular complexity index is 1060. The van der Waals surface area contributed by atoms with E-state index in [0.717, 1.165) is 37.7 Å². The smallest absolute Gasteiger partial charge is 0.434 e. The Labute approximate surface area is 193 Å². The quantitative estimate of drug-likeness (QED) is 0.464. The molecule has 1 fully saturated rings. The summed E-state index contributed by atoms with van der Waals surface area (Å²) in [4.78, 5) is 12.1. The first kappa shape index (κ1) is 24.2. The topological polar surface area (TPSA) is 50.8 Å². The number of hydrogen-bond acceptors (Lipinski definition) is 4. The fourth-order valence-electron chi connectivity index (χ4n) is 4.49. The first-order valence-corrected chi connectivity index (χ1v) is 10.7. The normalized spacial score (nSPS) is 24.6. The summed E-state index contributed by atoms with van der Waals surface area (Å²) >= 11 is 0. The van der Waals surface area contributed by atoms with Gasteiger partial charge in [0.05, 0.1) is 6.04 Å². The highest BCUT2D eigenvalue weighted by Gasteiger charge is 2.46. The van der Waals surface area contributed by atoms with E-state index in [1.54, 1.807) is 6.08 Å². The molecule has 1 unspecified atom stereocenters. The predicted octanol–water partition coefficient (Wildman–Crippen LogP) is 5.30. The molecule has 2 aromatic rings. The summed E-state index contributed by atoms with van der Waals surface area (Å²) < 4.78 is 75.9. The van der Waals surface area contributed by atoms with Gasteiger partial charge in [-0.3, -0.25) is 4.79 Å². The first-order chi connectivity index (χ1) is 16.1. The van der Waals surface area contributed by atoms with E-state index in [9.17, 15) is 26.7 Å². The lowest BCUT2D eigenvalue weighted by Gasteiger charge is -2.41. The summed E-state index contributed by atoms with van der Waals surface area (Å²) in [6.45, 7) is -2.38. The van der Waals surface area contributed by atoms with Gasteiger partial charge in [0, 0.05) is 18.3 Å². The Morgan fingerprint density at radius 3 is 2.62 bits per heavy atom. The minimum Gasteiger partial charge on any atom is -0.434 e. The average Bonchev–Trinajstić information content (AvgIpc) is 3.22. The molecule has 0 radical (unpaired) electrons. The highest BCUT2D eigenvalue weighted by atomic mass is 19.4. The van der Waals surface area contributed by atoms with Crippen LogP contribution >= 0.6 is 0 Å². The van der Waals surface area contributed by atoms with Crippen molar-refractivity contribution in [3.63, 3.8) is 0 Å². The van der Waals surface area contributed by atoms with Crippen LogP contribution in [-0.4, -0.2) is 37.9 Å². The number of nitrogens with zero attached hydrogens (tertiary/aromatic N) is 1. The molecule has 0 bridgehead atoms. The molecule has 4 rings (SSSR count). The molecule has 0 aromatic heterocycles. The van der Waals surface area contributed by atoms with E-state index in [4.69, 9.17) is 4.74 Å². The number of carbonyl (C=O) groups is 1. The summed E-state index contributed by atoms with van der Waals surface area (Å²) in [5.41, 5.74) is 0.181. The lowest BCUT2D eigenvalue weighted by Crippen LogP contribution is -2.47. The molecule has 0 saturated carbocycles. The third-order valence-corrected chi connectivity index (χ3v) is 6.06. The van der Waals surface area contributed by atoms with E-state index in [1.807, 2.05) is 36.4 Å². The molecular formula is C24H23F5N2O3. The number of rotatable bonds is 5. The Morgan fingerprint density at radius 1 is 1.21 bits per heavy atom. The molecule has 1 amide bonds. The van der Waals surface area contributed by atoms with Crippen molar-refractivity contribution in [2.45, 2.75) is 43.4 Å². The standard InChI is InChI=1S/C24H23F5N2O3/c1-31(21(32)24(27,28)29)16-8-9-18(33-22(25)26)17(14-16)19-10-12-23(34-19)11-5-13-30-20(23)15-6-3-2-4-7-15/h2-4,6-10,12,14,19-20,22,30H,5,11,13H2,1H3/t19?,20-,23+/m0/s1. The SMILES string of the molecule is CN(C(=O)C(F)(F)F)c1ccc(OC(F)F)c(C2C=C[C@@]3(CCCN[C@H]3c3ccccc3)O2)c1. The van der Waals surface area contributed by atoms with Crippen molar-refractivity contribution in [3.05, 3.63) is 71.8 Å². The second-order valence-corrected chi connectivity index (χ2v) is 8.22. The van der Waals surface area contributed by atoms with Crippen LogP contribution in [0.2, 0.25) is 0 Å². The van der Waals surface area contributed by atoms with Crippen LogP contribution in [0.25, 0.3) is 0 Å². The van der Waals surface area contributed by atoms with E-state index < -0.39 is 30.4 Å². The fourth-order valence-corrected chi connectivity index (χ4v) is 4.49. The number of carbonyl (C=O) groups excluding carboxylic acids is 1. The van der Waals surface area contributed by atoms with Gasteiger partial charge in [-0.15, -0.1) is 0 Å². The summed E-state index contributed by atoms with van der Waals surface area (Å²) in [7, 11) is 0.964. The van der Waals surface area contributed by atoms with Crippen LogP contribution < -0.4 is 15.0 Å². The van der Waals surface area contributed by atoms with E-state index in [2.05, 4.69) is 10.1 Å². The molecule has 2 aliphatic heterocycles. The fraction of sp³-hybridized carbons (Fsp3) is 0.375. The van der Waals surface area contributed by atoms with Gasteiger partial charge in [-0.2, -0.15) is 22.0 Å². The van der Waals surface area contributed by atoms with Gasteiger partial charge in [0.2, 0.25) is 0 Å². The summed E-state index contributed by atoms with van der Waals surface area (Å²) in [5.74, 6) is -2.32. The Balaban J connectivity index is 1.68. The third-order valence-electron chi connectivity index (χ3n) is 6.06. The number of hydrogen-bond donors (Lipinski definition) is 1. The van der Waals surface area contributed by atoms with E-state index >= 15 is 0 Å². The highest BCUT2D eigenvalue weighted by Crippen LogP contribution is 2.47. The van der Waals surface area contributed by atoms with E-state index in [1.165, 1.54) is 6.07 Å². The molecule has 2 aromatic carbocycles. The number of anilines is 1. The Kier molecular flexibility index (Phi) is 6.64. The molecule has 1 spiro atoms. The van der Waals surface area contributed by atoms with Crippen LogP contribution in [0.3, 0.4) is 0 Å². The largest absolute Gasteiger partial charge is 0.471 e. The number of ether oxygens (including phenoxy) is 2. The van der Waals surface area contributed by atoms with Crippen molar-refractivity contribution in [2.24, 2.45) is 0 Å². The lowest BCUT2D eigenvalue weighted by atomic mass is 9.82. The van der Waals surface area contributed by atoms with Crippen molar-refractivity contribution >= 4 is 11.6 Å². The molecule has 1 N–H and O–H groups in total. The van der Waals surface area contributed by atoms with Gasteiger partial charge < -0.3 is 19.7 Å². The van der Waals surface area contributed by atoms with E-state index in [0.29, 0.717) is 11.3 Å². The zero-order valence-electron chi connectivity index (χ0n) is 18.2.